The van der Waals surface area contributed by atoms with E-state index in [9.17, 15) is 4.79 Å². The van der Waals surface area contributed by atoms with Crippen LogP contribution in [-0.2, 0) is 0 Å². The number of aryl methyl sites for hydroxylation is 5. The van der Waals surface area contributed by atoms with Crippen LogP contribution in [0.5, 0.6) is 0 Å². The topological polar surface area (TPSA) is 59.8 Å². The predicted molar refractivity (Wildman–Crippen MR) is 147 cm³/mol. The predicted octanol–water partition coefficient (Wildman–Crippen LogP) is 7.19. The van der Waals surface area contributed by atoms with Gasteiger partial charge in [-0.15, -0.1) is 0 Å². The summed E-state index contributed by atoms with van der Waals surface area (Å²) in [5, 5.41) is 8.65. The highest BCUT2D eigenvalue weighted by Crippen LogP contribution is 2.30. The Kier molecular flexibility index (Phi) is 5.92. The molecule has 5 aromatic rings. The molecular formula is C31H30N4O. The largest absolute Gasteiger partial charge is 0.321 e. The number of carbonyl (C=O) groups excluding carboxylic acids is 1. The van der Waals surface area contributed by atoms with E-state index in [-0.39, 0.29) is 5.91 Å². The molecule has 0 fully saturated rings. The molecule has 0 spiro atoms. The van der Waals surface area contributed by atoms with Crippen LogP contribution in [0.4, 0.5) is 5.69 Å². The Morgan fingerprint density at radius 3 is 2.14 bits per heavy atom. The molecule has 1 amide bonds. The zero-order valence-corrected chi connectivity index (χ0v) is 21.6. The van der Waals surface area contributed by atoms with Crippen molar-refractivity contribution in [2.75, 3.05) is 5.32 Å². The molecule has 3 aromatic carbocycles. The molecule has 2 heterocycles. The number of hydrogen-bond donors (Lipinski definition) is 1. The van der Waals surface area contributed by atoms with Crippen molar-refractivity contribution in [3.8, 4) is 16.9 Å². The maximum Gasteiger partial charge on any atom is 0.256 e. The van der Waals surface area contributed by atoms with Crippen molar-refractivity contribution < 1.29 is 4.79 Å². The Balaban J connectivity index is 1.62. The van der Waals surface area contributed by atoms with E-state index in [0.29, 0.717) is 5.56 Å². The third kappa shape index (κ3) is 4.29. The number of nitrogens with zero attached hydrogens (tertiary/aromatic N) is 3. The number of benzene rings is 3. The minimum Gasteiger partial charge on any atom is -0.321 e. The van der Waals surface area contributed by atoms with Gasteiger partial charge in [0, 0.05) is 16.6 Å². The first kappa shape index (κ1) is 23.5. The van der Waals surface area contributed by atoms with E-state index >= 15 is 0 Å². The second-order valence-electron chi connectivity index (χ2n) is 9.69. The van der Waals surface area contributed by atoms with Gasteiger partial charge < -0.3 is 5.32 Å². The van der Waals surface area contributed by atoms with Crippen molar-refractivity contribution in [3.05, 3.63) is 106 Å². The van der Waals surface area contributed by atoms with Crippen LogP contribution in [0.1, 0.15) is 43.9 Å². The molecule has 36 heavy (non-hydrogen) atoms. The van der Waals surface area contributed by atoms with Gasteiger partial charge in [0.25, 0.3) is 5.91 Å². The van der Waals surface area contributed by atoms with Gasteiger partial charge in [0.1, 0.15) is 0 Å². The van der Waals surface area contributed by atoms with Gasteiger partial charge in [-0.2, -0.15) is 5.10 Å². The lowest BCUT2D eigenvalue weighted by molar-refractivity contribution is 0.102. The molecule has 0 unspecified atom stereocenters. The number of hydrogen-bond acceptors (Lipinski definition) is 3. The molecule has 1 N–H and O–H groups in total. The van der Waals surface area contributed by atoms with Crippen molar-refractivity contribution in [3.63, 3.8) is 0 Å². The molecule has 5 rings (SSSR count). The van der Waals surface area contributed by atoms with Crippen molar-refractivity contribution in [1.82, 2.24) is 14.8 Å². The van der Waals surface area contributed by atoms with Crippen LogP contribution in [0.2, 0.25) is 0 Å². The van der Waals surface area contributed by atoms with Crippen LogP contribution in [0, 0.1) is 41.5 Å². The highest BCUT2D eigenvalue weighted by molar-refractivity contribution is 6.13. The lowest BCUT2D eigenvalue weighted by atomic mass is 10.0. The summed E-state index contributed by atoms with van der Waals surface area (Å²) >= 11 is 0. The lowest BCUT2D eigenvalue weighted by Gasteiger charge is -2.15. The molecule has 0 saturated heterocycles. The molecule has 0 aliphatic heterocycles. The fraction of sp³-hybridized carbons (Fsp3) is 0.194. The molecule has 5 heteroatoms. The van der Waals surface area contributed by atoms with E-state index < -0.39 is 0 Å². The number of rotatable bonds is 4. The van der Waals surface area contributed by atoms with Crippen LogP contribution >= 0.6 is 0 Å². The van der Waals surface area contributed by atoms with Crippen LogP contribution < -0.4 is 5.32 Å². The molecule has 0 atom stereocenters. The van der Waals surface area contributed by atoms with Gasteiger partial charge in [0.2, 0.25) is 0 Å². The normalized spacial score (nSPS) is 11.2. The maximum atomic E-state index is 13.7. The molecule has 5 nitrogen and oxygen atoms in total. The molecule has 2 aromatic heterocycles. The average molecular weight is 475 g/mol. The number of amides is 1. The maximum absolute atomic E-state index is 13.7. The fourth-order valence-electron chi connectivity index (χ4n) is 4.83. The Hall–Kier alpha value is -4.25. The summed E-state index contributed by atoms with van der Waals surface area (Å²) in [6.45, 7) is 12.2. The monoisotopic (exact) mass is 474 g/mol. The number of nitrogens with one attached hydrogen (secondary N) is 1. The fourth-order valence-corrected chi connectivity index (χ4v) is 4.83. The second-order valence-corrected chi connectivity index (χ2v) is 9.69. The summed E-state index contributed by atoms with van der Waals surface area (Å²) in [5.74, 6) is -0.145. The summed E-state index contributed by atoms with van der Waals surface area (Å²) in [5.41, 5.74) is 11.4. The third-order valence-corrected chi connectivity index (χ3v) is 6.69. The zero-order chi connectivity index (χ0) is 25.6. The molecule has 0 radical (unpaired) electrons. The van der Waals surface area contributed by atoms with Crippen molar-refractivity contribution in [2.24, 2.45) is 0 Å². The first-order valence-corrected chi connectivity index (χ1v) is 12.1. The minimum absolute atomic E-state index is 0.145. The van der Waals surface area contributed by atoms with E-state index in [1.807, 2.05) is 62.8 Å². The van der Waals surface area contributed by atoms with E-state index in [0.717, 1.165) is 55.9 Å². The molecule has 0 aliphatic rings. The average Bonchev–Trinajstić information content (AvgIpc) is 3.22. The number of aromatic nitrogens is 3. The molecule has 0 bridgehead atoms. The Bertz CT molecular complexity index is 1600. The summed E-state index contributed by atoms with van der Waals surface area (Å²) in [6, 6.07) is 20.4. The van der Waals surface area contributed by atoms with Gasteiger partial charge in [-0.3, -0.25) is 4.79 Å². The van der Waals surface area contributed by atoms with E-state index in [1.54, 1.807) is 0 Å². The lowest BCUT2D eigenvalue weighted by Crippen LogP contribution is -2.15. The summed E-state index contributed by atoms with van der Waals surface area (Å²) in [7, 11) is 0. The van der Waals surface area contributed by atoms with Crippen LogP contribution in [-0.4, -0.2) is 20.7 Å². The standard InChI is InChI=1S/C31H30N4O/c1-18-7-10-24(11-8-18)35-23(6)27(17-32-35)29-16-26(25-15-19(2)9-12-28(25)33-29)31(36)34-30-21(4)13-20(3)14-22(30)5/h7-17H,1-6H3,(H,34,36). The highest BCUT2D eigenvalue weighted by Gasteiger charge is 2.19. The van der Waals surface area contributed by atoms with Crippen LogP contribution in [0.15, 0.2) is 66.9 Å². The highest BCUT2D eigenvalue weighted by atomic mass is 16.1. The number of carbonyl (C=O) groups is 1. The Labute approximate surface area is 211 Å². The first-order chi connectivity index (χ1) is 17.2. The van der Waals surface area contributed by atoms with Crippen molar-refractivity contribution in [2.45, 2.75) is 41.5 Å². The third-order valence-electron chi connectivity index (χ3n) is 6.69. The Morgan fingerprint density at radius 1 is 0.778 bits per heavy atom. The zero-order valence-electron chi connectivity index (χ0n) is 21.6. The van der Waals surface area contributed by atoms with Gasteiger partial charge in [0.15, 0.2) is 0 Å². The smallest absolute Gasteiger partial charge is 0.256 e. The van der Waals surface area contributed by atoms with E-state index in [1.165, 1.54) is 11.1 Å². The number of pyridine rings is 1. The van der Waals surface area contributed by atoms with Gasteiger partial charge in [0.05, 0.1) is 34.4 Å². The summed E-state index contributed by atoms with van der Waals surface area (Å²) in [6.07, 6.45) is 1.83. The second kappa shape index (κ2) is 9.08. The van der Waals surface area contributed by atoms with Crippen LogP contribution in [0.25, 0.3) is 27.8 Å². The number of anilines is 1. The van der Waals surface area contributed by atoms with Gasteiger partial charge in [-0.1, -0.05) is 47.0 Å². The number of fused-ring (bicyclic) bond motifs is 1. The quantitative estimate of drug-likeness (QED) is 0.300. The first-order valence-electron chi connectivity index (χ1n) is 12.1. The molecule has 0 saturated carbocycles. The summed E-state index contributed by atoms with van der Waals surface area (Å²) < 4.78 is 1.91. The van der Waals surface area contributed by atoms with Gasteiger partial charge >= 0.3 is 0 Å². The van der Waals surface area contributed by atoms with Gasteiger partial charge in [-0.25, -0.2) is 9.67 Å². The molecular weight excluding hydrogens is 444 g/mol. The Morgan fingerprint density at radius 2 is 1.44 bits per heavy atom. The van der Waals surface area contributed by atoms with E-state index in [4.69, 9.17) is 4.98 Å². The summed E-state index contributed by atoms with van der Waals surface area (Å²) in [4.78, 5) is 18.6. The molecule has 180 valence electrons. The SMILES string of the molecule is Cc1ccc(-n2ncc(-c3cc(C(=O)Nc4c(C)cc(C)cc4C)c4cc(C)ccc4n3)c2C)cc1. The minimum atomic E-state index is -0.145. The van der Waals surface area contributed by atoms with Crippen LogP contribution in [0.3, 0.4) is 0 Å². The molecule has 0 aliphatic carbocycles. The van der Waals surface area contributed by atoms with Gasteiger partial charge in [-0.05, 0) is 83.0 Å². The van der Waals surface area contributed by atoms with E-state index in [2.05, 4.69) is 60.7 Å². The van der Waals surface area contributed by atoms with Crippen molar-refractivity contribution in [1.29, 1.82) is 0 Å². The van der Waals surface area contributed by atoms with Crippen molar-refractivity contribution >= 4 is 22.5 Å².